The Balaban J connectivity index is 2.88. The highest BCUT2D eigenvalue weighted by molar-refractivity contribution is 5.97. The maximum Gasteiger partial charge on any atom is 0.257 e. The second-order valence-electron chi connectivity index (χ2n) is 3.58. The minimum Gasteiger partial charge on any atom is -0.504 e. The zero-order valence-electron chi connectivity index (χ0n) is 10.3. The van der Waals surface area contributed by atoms with Gasteiger partial charge >= 0.3 is 0 Å². The summed E-state index contributed by atoms with van der Waals surface area (Å²) in [5.74, 6) is -0.112. The number of methoxy groups -OCH3 is 2. The average Bonchev–Trinajstić information content (AvgIpc) is 2.35. The van der Waals surface area contributed by atoms with Crippen LogP contribution in [0.5, 0.6) is 11.5 Å². The molecule has 0 atom stereocenters. The van der Waals surface area contributed by atoms with Gasteiger partial charge in [-0.1, -0.05) is 6.07 Å². The molecule has 0 radical (unpaired) electrons. The molecule has 5 heteroatoms. The fraction of sp³-hybridized carbons (Fsp3) is 0.417. The van der Waals surface area contributed by atoms with Gasteiger partial charge in [0.1, 0.15) is 0 Å². The lowest BCUT2D eigenvalue weighted by Gasteiger charge is -2.17. The van der Waals surface area contributed by atoms with Crippen LogP contribution in [0.2, 0.25) is 0 Å². The van der Waals surface area contributed by atoms with Crippen molar-refractivity contribution in [2.24, 2.45) is 0 Å². The lowest BCUT2D eigenvalue weighted by atomic mass is 10.1. The molecular formula is C12H17NO4. The van der Waals surface area contributed by atoms with E-state index in [1.54, 1.807) is 32.4 Å². The molecule has 0 saturated heterocycles. The predicted octanol–water partition coefficient (Wildman–Crippen LogP) is 1.12. The number of amides is 1. The van der Waals surface area contributed by atoms with E-state index in [1.165, 1.54) is 12.0 Å². The summed E-state index contributed by atoms with van der Waals surface area (Å²) < 4.78 is 9.84. The van der Waals surface area contributed by atoms with E-state index in [4.69, 9.17) is 9.47 Å². The molecule has 1 aromatic rings. The number of phenols is 1. The number of likely N-dealkylation sites (N-methyl/N-ethyl adjacent to an activating group) is 1. The Kier molecular flexibility index (Phi) is 4.78. The molecular weight excluding hydrogens is 222 g/mol. The Labute approximate surface area is 101 Å². The number of ether oxygens (including phenoxy) is 2. The summed E-state index contributed by atoms with van der Waals surface area (Å²) in [5.41, 5.74) is 0.225. The van der Waals surface area contributed by atoms with Crippen molar-refractivity contribution >= 4 is 5.91 Å². The third-order valence-electron chi connectivity index (χ3n) is 2.43. The minimum atomic E-state index is -0.265. The minimum absolute atomic E-state index is 0.135. The summed E-state index contributed by atoms with van der Waals surface area (Å²) in [4.78, 5) is 13.5. The van der Waals surface area contributed by atoms with Gasteiger partial charge in [0.15, 0.2) is 11.5 Å². The Morgan fingerprint density at radius 2 is 2.12 bits per heavy atom. The first kappa shape index (κ1) is 13.3. The van der Waals surface area contributed by atoms with Crippen molar-refractivity contribution in [3.63, 3.8) is 0 Å². The smallest absolute Gasteiger partial charge is 0.257 e. The average molecular weight is 239 g/mol. The van der Waals surface area contributed by atoms with Crippen molar-refractivity contribution in [2.75, 3.05) is 34.4 Å². The normalized spacial score (nSPS) is 10.1. The Bertz CT molecular complexity index is 392. The molecule has 1 N–H and O–H groups in total. The predicted molar refractivity (Wildman–Crippen MR) is 63.5 cm³/mol. The SMILES string of the molecule is COCCN(C)C(=O)c1cccc(OC)c1O. The van der Waals surface area contributed by atoms with Gasteiger partial charge in [0.2, 0.25) is 0 Å². The van der Waals surface area contributed by atoms with Crippen LogP contribution in [0.15, 0.2) is 18.2 Å². The van der Waals surface area contributed by atoms with E-state index in [-0.39, 0.29) is 23.0 Å². The molecule has 1 rings (SSSR count). The largest absolute Gasteiger partial charge is 0.504 e. The van der Waals surface area contributed by atoms with Crippen LogP contribution >= 0.6 is 0 Å². The number of hydrogen-bond donors (Lipinski definition) is 1. The molecule has 0 aliphatic carbocycles. The highest BCUT2D eigenvalue weighted by atomic mass is 16.5. The number of carbonyl (C=O) groups is 1. The van der Waals surface area contributed by atoms with Gasteiger partial charge in [-0.2, -0.15) is 0 Å². The molecule has 0 aliphatic heterocycles. The van der Waals surface area contributed by atoms with Crippen molar-refractivity contribution < 1.29 is 19.4 Å². The van der Waals surface area contributed by atoms with Gasteiger partial charge in [0.05, 0.1) is 19.3 Å². The van der Waals surface area contributed by atoms with Gasteiger partial charge in [-0.15, -0.1) is 0 Å². The van der Waals surface area contributed by atoms with Gasteiger partial charge in [-0.25, -0.2) is 0 Å². The summed E-state index contributed by atoms with van der Waals surface area (Å²) in [6.07, 6.45) is 0. The van der Waals surface area contributed by atoms with E-state index in [0.717, 1.165) is 0 Å². The number of carbonyl (C=O) groups excluding carboxylic acids is 1. The van der Waals surface area contributed by atoms with Crippen LogP contribution in [-0.2, 0) is 4.74 Å². The zero-order valence-corrected chi connectivity index (χ0v) is 10.3. The van der Waals surface area contributed by atoms with Crippen molar-refractivity contribution in [1.82, 2.24) is 4.90 Å². The van der Waals surface area contributed by atoms with Crippen LogP contribution in [-0.4, -0.2) is 50.3 Å². The number of nitrogens with zero attached hydrogens (tertiary/aromatic N) is 1. The summed E-state index contributed by atoms with van der Waals surface area (Å²) in [7, 11) is 4.67. The van der Waals surface area contributed by atoms with Gasteiger partial charge in [0.25, 0.3) is 5.91 Å². The molecule has 94 valence electrons. The molecule has 0 spiro atoms. The summed E-state index contributed by atoms with van der Waals surface area (Å²) in [6.45, 7) is 0.916. The van der Waals surface area contributed by atoms with Crippen LogP contribution in [0, 0.1) is 0 Å². The number of rotatable bonds is 5. The lowest BCUT2D eigenvalue weighted by molar-refractivity contribution is 0.0740. The summed E-state index contributed by atoms with van der Waals surface area (Å²) in [5, 5.41) is 9.83. The molecule has 0 fully saturated rings. The van der Waals surface area contributed by atoms with Crippen molar-refractivity contribution in [3.8, 4) is 11.5 Å². The summed E-state index contributed by atoms with van der Waals surface area (Å²) in [6, 6.07) is 4.82. The molecule has 0 aromatic heterocycles. The molecule has 0 saturated carbocycles. The highest BCUT2D eigenvalue weighted by Gasteiger charge is 2.17. The monoisotopic (exact) mass is 239 g/mol. The second-order valence-corrected chi connectivity index (χ2v) is 3.58. The van der Waals surface area contributed by atoms with Crippen LogP contribution in [0.1, 0.15) is 10.4 Å². The van der Waals surface area contributed by atoms with Crippen molar-refractivity contribution in [1.29, 1.82) is 0 Å². The van der Waals surface area contributed by atoms with Crippen molar-refractivity contribution in [3.05, 3.63) is 23.8 Å². The first-order valence-corrected chi connectivity index (χ1v) is 5.22. The topological polar surface area (TPSA) is 59.0 Å². The quantitative estimate of drug-likeness (QED) is 0.836. The van der Waals surface area contributed by atoms with Gasteiger partial charge in [0, 0.05) is 20.7 Å². The molecule has 0 bridgehead atoms. The standard InChI is InChI=1S/C12H17NO4/c1-13(7-8-16-2)12(15)9-5-4-6-10(17-3)11(9)14/h4-6,14H,7-8H2,1-3H3. The van der Waals surface area contributed by atoms with E-state index in [9.17, 15) is 9.90 Å². The van der Waals surface area contributed by atoms with Gasteiger partial charge in [-0.3, -0.25) is 4.79 Å². The third-order valence-corrected chi connectivity index (χ3v) is 2.43. The Hall–Kier alpha value is -1.75. The number of para-hydroxylation sites is 1. The molecule has 0 heterocycles. The molecule has 5 nitrogen and oxygen atoms in total. The van der Waals surface area contributed by atoms with Gasteiger partial charge < -0.3 is 19.5 Å². The van der Waals surface area contributed by atoms with Crippen LogP contribution in [0.4, 0.5) is 0 Å². The van der Waals surface area contributed by atoms with Gasteiger partial charge in [-0.05, 0) is 12.1 Å². The Morgan fingerprint density at radius 3 is 2.71 bits per heavy atom. The molecule has 1 amide bonds. The number of hydrogen-bond acceptors (Lipinski definition) is 4. The molecule has 1 aromatic carbocycles. The molecule has 0 aliphatic rings. The molecule has 17 heavy (non-hydrogen) atoms. The van der Waals surface area contributed by atoms with E-state index in [0.29, 0.717) is 13.2 Å². The maximum absolute atomic E-state index is 12.0. The fourth-order valence-electron chi connectivity index (χ4n) is 1.40. The number of aromatic hydroxyl groups is 1. The van der Waals surface area contributed by atoms with E-state index < -0.39 is 0 Å². The number of phenolic OH excluding ortho intramolecular Hbond substituents is 1. The van der Waals surface area contributed by atoms with E-state index in [1.807, 2.05) is 0 Å². The maximum atomic E-state index is 12.0. The third kappa shape index (κ3) is 3.10. The van der Waals surface area contributed by atoms with Crippen molar-refractivity contribution in [2.45, 2.75) is 0 Å². The lowest BCUT2D eigenvalue weighted by Crippen LogP contribution is -2.30. The molecule has 0 unspecified atom stereocenters. The van der Waals surface area contributed by atoms with E-state index >= 15 is 0 Å². The first-order chi connectivity index (χ1) is 8.11. The Morgan fingerprint density at radius 1 is 1.41 bits per heavy atom. The summed E-state index contributed by atoms with van der Waals surface area (Å²) >= 11 is 0. The highest BCUT2D eigenvalue weighted by Crippen LogP contribution is 2.29. The van der Waals surface area contributed by atoms with Crippen LogP contribution in [0.25, 0.3) is 0 Å². The second kappa shape index (κ2) is 6.10. The fourth-order valence-corrected chi connectivity index (χ4v) is 1.40. The first-order valence-electron chi connectivity index (χ1n) is 5.22. The van der Waals surface area contributed by atoms with Crippen LogP contribution in [0.3, 0.4) is 0 Å². The van der Waals surface area contributed by atoms with E-state index in [2.05, 4.69) is 0 Å². The zero-order chi connectivity index (χ0) is 12.8. The number of benzene rings is 1. The van der Waals surface area contributed by atoms with Crippen LogP contribution < -0.4 is 4.74 Å².